The molecule has 6 rings (SSSR count). The summed E-state index contributed by atoms with van der Waals surface area (Å²) in [7, 11) is 0. The third kappa shape index (κ3) is 4.36. The first-order valence-electron chi connectivity index (χ1n) is 11.2. The molecule has 0 atom stereocenters. The summed E-state index contributed by atoms with van der Waals surface area (Å²) >= 11 is 13.6. The minimum Gasteiger partial charge on any atom is -0.324 e. The second-order valence-corrected chi connectivity index (χ2v) is 11.4. The maximum Gasteiger partial charge on any atom is 0.234 e. The predicted octanol–water partition coefficient (Wildman–Crippen LogP) is 6.09. The zero-order chi connectivity index (χ0) is 21.6. The van der Waals surface area contributed by atoms with Crippen LogP contribution < -0.4 is 5.32 Å². The molecule has 4 aliphatic carbocycles. The fourth-order valence-corrected chi connectivity index (χ4v) is 7.80. The summed E-state index contributed by atoms with van der Waals surface area (Å²) in [5.74, 6) is 3.99. The van der Waals surface area contributed by atoms with Gasteiger partial charge in [0.2, 0.25) is 5.91 Å². The van der Waals surface area contributed by atoms with Crippen molar-refractivity contribution in [1.82, 2.24) is 14.8 Å². The summed E-state index contributed by atoms with van der Waals surface area (Å²) in [6, 6.07) is 5.21. The highest BCUT2D eigenvalue weighted by Gasteiger charge is 2.51. The molecule has 4 aliphatic rings. The molecule has 0 aliphatic heterocycles. The van der Waals surface area contributed by atoms with Crippen molar-refractivity contribution in [2.24, 2.45) is 23.2 Å². The molecule has 1 aromatic heterocycles. The van der Waals surface area contributed by atoms with Gasteiger partial charge in [0.15, 0.2) is 5.16 Å². The maximum atomic E-state index is 12.5. The number of amides is 1. The summed E-state index contributed by atoms with van der Waals surface area (Å²) < 4.78 is 2.20. The molecule has 0 unspecified atom stereocenters. The third-order valence-corrected chi connectivity index (χ3v) is 9.15. The minimum absolute atomic E-state index is 0.137. The van der Waals surface area contributed by atoms with E-state index in [1.165, 1.54) is 50.3 Å². The number of nitrogens with zero attached hydrogens (tertiary/aromatic N) is 3. The molecule has 0 saturated heterocycles. The van der Waals surface area contributed by atoms with Gasteiger partial charge in [-0.25, -0.2) is 0 Å². The van der Waals surface area contributed by atoms with Gasteiger partial charge in [-0.2, -0.15) is 0 Å². The Morgan fingerprint density at radius 2 is 1.84 bits per heavy atom. The summed E-state index contributed by atoms with van der Waals surface area (Å²) in [6.07, 6.45) is 9.47. The largest absolute Gasteiger partial charge is 0.324 e. The first kappa shape index (κ1) is 21.6. The monoisotopic (exact) mass is 478 g/mol. The number of aromatic nitrogens is 3. The molecule has 5 nitrogen and oxygen atoms in total. The van der Waals surface area contributed by atoms with Crippen molar-refractivity contribution in [3.63, 3.8) is 0 Å². The second-order valence-electron chi connectivity index (χ2n) is 9.68. The average molecular weight is 479 g/mol. The van der Waals surface area contributed by atoms with Crippen LogP contribution in [-0.4, -0.2) is 26.4 Å². The quantitative estimate of drug-likeness (QED) is 0.488. The van der Waals surface area contributed by atoms with E-state index in [9.17, 15) is 4.79 Å². The van der Waals surface area contributed by atoms with E-state index in [0.717, 1.165) is 41.7 Å². The molecule has 4 bridgehead atoms. The summed E-state index contributed by atoms with van der Waals surface area (Å²) in [4.78, 5) is 12.5. The highest BCUT2D eigenvalue weighted by molar-refractivity contribution is 7.99. The lowest BCUT2D eigenvalue weighted by Gasteiger charge is -2.56. The first-order valence-corrected chi connectivity index (χ1v) is 13.0. The standard InChI is InChI=1S/C23H28Cl2N4OS/c1-2-29-19(12-23-9-14-6-15(10-23)8-16(7-14)11-23)27-28-22(29)31-13-20(30)26-18-5-3-4-17(24)21(18)25/h3-5,14-16H,2,6-13H2,1H3,(H,26,30). The molecule has 1 N–H and O–H groups in total. The number of carbonyl (C=O) groups excluding carboxylic acids is 1. The Morgan fingerprint density at radius 1 is 1.16 bits per heavy atom. The van der Waals surface area contributed by atoms with Crippen LogP contribution in [-0.2, 0) is 17.8 Å². The van der Waals surface area contributed by atoms with Gasteiger partial charge >= 0.3 is 0 Å². The molecule has 166 valence electrons. The van der Waals surface area contributed by atoms with Gasteiger partial charge in [-0.05, 0) is 80.8 Å². The van der Waals surface area contributed by atoms with Crippen LogP contribution in [0, 0.1) is 23.2 Å². The fraction of sp³-hybridized carbons (Fsp3) is 0.609. The van der Waals surface area contributed by atoms with Crippen molar-refractivity contribution in [2.45, 2.75) is 63.6 Å². The van der Waals surface area contributed by atoms with Crippen molar-refractivity contribution < 1.29 is 4.79 Å². The van der Waals surface area contributed by atoms with E-state index >= 15 is 0 Å². The zero-order valence-corrected chi connectivity index (χ0v) is 20.1. The maximum absolute atomic E-state index is 12.5. The molecule has 8 heteroatoms. The van der Waals surface area contributed by atoms with Crippen LogP contribution in [0.15, 0.2) is 23.4 Å². The van der Waals surface area contributed by atoms with E-state index in [0.29, 0.717) is 21.1 Å². The molecule has 0 spiro atoms. The Kier molecular flexibility index (Phi) is 5.99. The highest BCUT2D eigenvalue weighted by Crippen LogP contribution is 2.61. The molecule has 2 aromatic rings. The van der Waals surface area contributed by atoms with Gasteiger partial charge in [-0.3, -0.25) is 4.79 Å². The summed E-state index contributed by atoms with van der Waals surface area (Å²) in [6.45, 7) is 2.95. The Morgan fingerprint density at radius 3 is 2.48 bits per heavy atom. The number of carbonyl (C=O) groups is 1. The number of hydrogen-bond donors (Lipinski definition) is 1. The Labute approximate surface area is 197 Å². The molecule has 31 heavy (non-hydrogen) atoms. The third-order valence-electron chi connectivity index (χ3n) is 7.37. The van der Waals surface area contributed by atoms with Crippen molar-refractivity contribution in [2.75, 3.05) is 11.1 Å². The molecule has 1 heterocycles. The van der Waals surface area contributed by atoms with Crippen molar-refractivity contribution in [1.29, 1.82) is 0 Å². The van der Waals surface area contributed by atoms with Gasteiger partial charge in [0.1, 0.15) is 5.82 Å². The summed E-state index contributed by atoms with van der Waals surface area (Å²) in [5.41, 5.74) is 0.955. The van der Waals surface area contributed by atoms with Gasteiger partial charge in [-0.1, -0.05) is 41.0 Å². The van der Waals surface area contributed by atoms with Crippen LogP contribution >= 0.6 is 35.0 Å². The smallest absolute Gasteiger partial charge is 0.234 e. The van der Waals surface area contributed by atoms with Gasteiger partial charge < -0.3 is 9.88 Å². The number of anilines is 1. The molecule has 1 amide bonds. The molecular weight excluding hydrogens is 451 g/mol. The van der Waals surface area contributed by atoms with Gasteiger partial charge in [0, 0.05) is 13.0 Å². The fourth-order valence-electron chi connectivity index (χ4n) is 6.63. The number of halogens is 2. The van der Waals surface area contributed by atoms with E-state index in [1.54, 1.807) is 18.2 Å². The van der Waals surface area contributed by atoms with E-state index in [-0.39, 0.29) is 11.7 Å². The van der Waals surface area contributed by atoms with Crippen molar-refractivity contribution in [3.05, 3.63) is 34.1 Å². The number of hydrogen-bond acceptors (Lipinski definition) is 4. The SMILES string of the molecule is CCn1c(CC23CC4CC(CC(C4)C2)C3)nnc1SCC(=O)Nc1cccc(Cl)c1Cl. The minimum atomic E-state index is -0.137. The number of thioether (sulfide) groups is 1. The van der Waals surface area contributed by atoms with E-state index in [1.807, 2.05) is 0 Å². The lowest BCUT2D eigenvalue weighted by molar-refractivity contribution is -0.113. The molecular formula is C23H28Cl2N4OS. The molecule has 0 radical (unpaired) electrons. The number of benzene rings is 1. The van der Waals surface area contributed by atoms with Gasteiger partial charge in [-0.15, -0.1) is 10.2 Å². The topological polar surface area (TPSA) is 59.8 Å². The number of nitrogens with one attached hydrogen (secondary N) is 1. The van der Waals surface area contributed by atoms with E-state index in [2.05, 4.69) is 27.0 Å². The average Bonchev–Trinajstić information content (AvgIpc) is 3.09. The molecule has 4 fully saturated rings. The van der Waals surface area contributed by atoms with E-state index < -0.39 is 0 Å². The normalized spacial score (nSPS) is 28.8. The van der Waals surface area contributed by atoms with Crippen LogP contribution in [0.2, 0.25) is 10.0 Å². The Balaban J connectivity index is 1.24. The predicted molar refractivity (Wildman–Crippen MR) is 126 cm³/mol. The number of rotatable bonds is 7. The first-order chi connectivity index (χ1) is 14.9. The van der Waals surface area contributed by atoms with Crippen LogP contribution in [0.3, 0.4) is 0 Å². The van der Waals surface area contributed by atoms with Gasteiger partial charge in [0.05, 0.1) is 21.5 Å². The van der Waals surface area contributed by atoms with Crippen molar-refractivity contribution >= 4 is 46.6 Å². The van der Waals surface area contributed by atoms with E-state index in [4.69, 9.17) is 23.2 Å². The zero-order valence-electron chi connectivity index (χ0n) is 17.7. The van der Waals surface area contributed by atoms with Crippen LogP contribution in [0.25, 0.3) is 0 Å². The Hall–Kier alpha value is -1.24. The highest BCUT2D eigenvalue weighted by atomic mass is 35.5. The summed E-state index contributed by atoms with van der Waals surface area (Å²) in [5, 5.41) is 13.4. The lowest BCUT2D eigenvalue weighted by atomic mass is 9.49. The molecule has 1 aromatic carbocycles. The lowest BCUT2D eigenvalue weighted by Crippen LogP contribution is -2.47. The molecule has 4 saturated carbocycles. The Bertz CT molecular complexity index is 957. The van der Waals surface area contributed by atoms with Crippen LogP contribution in [0.1, 0.15) is 51.3 Å². The van der Waals surface area contributed by atoms with Crippen molar-refractivity contribution in [3.8, 4) is 0 Å². The van der Waals surface area contributed by atoms with Crippen LogP contribution in [0.5, 0.6) is 0 Å². The second kappa shape index (κ2) is 8.60. The van der Waals surface area contributed by atoms with Crippen LogP contribution in [0.4, 0.5) is 5.69 Å². The van der Waals surface area contributed by atoms with Gasteiger partial charge in [0.25, 0.3) is 0 Å².